The van der Waals surface area contributed by atoms with E-state index in [1.54, 1.807) is 21.7 Å². The molecule has 2 aromatic heterocycles. The number of likely N-dealkylation sites (tertiary alicyclic amines) is 1. The molecular formula is C16H21Cl2N5O. The molecule has 1 aliphatic heterocycles. The summed E-state index contributed by atoms with van der Waals surface area (Å²) in [6.07, 6.45) is 0.928. The molecule has 1 unspecified atom stereocenters. The largest absolute Gasteiger partial charge is 0.337 e. The van der Waals surface area contributed by atoms with E-state index in [9.17, 15) is 4.79 Å². The van der Waals surface area contributed by atoms with Crippen LogP contribution in [0.5, 0.6) is 0 Å². The number of carbonyl (C=O) groups excluding carboxylic acids is 1. The minimum Gasteiger partial charge on any atom is -0.337 e. The Hall–Kier alpha value is -1.63. The Balaban J connectivity index is 0.00000208. The van der Waals surface area contributed by atoms with Gasteiger partial charge < -0.3 is 10.6 Å². The highest BCUT2D eigenvalue weighted by Crippen LogP contribution is 2.22. The molecular weight excluding hydrogens is 349 g/mol. The van der Waals surface area contributed by atoms with Crippen LogP contribution in [-0.4, -0.2) is 45.2 Å². The number of nitrogens with two attached hydrogens (primary N) is 1. The van der Waals surface area contributed by atoms with Crippen LogP contribution in [0.3, 0.4) is 0 Å². The number of pyridine rings is 1. The Bertz CT molecular complexity index is 746. The second-order valence-electron chi connectivity index (χ2n) is 5.98. The third-order valence-electron chi connectivity index (χ3n) is 4.17. The van der Waals surface area contributed by atoms with Crippen molar-refractivity contribution in [3.8, 4) is 5.82 Å². The maximum absolute atomic E-state index is 12.7. The molecule has 2 aromatic rings. The Labute approximate surface area is 152 Å². The molecule has 3 rings (SSSR count). The Morgan fingerprint density at radius 2 is 2.17 bits per heavy atom. The third kappa shape index (κ3) is 3.55. The molecule has 0 saturated carbocycles. The van der Waals surface area contributed by atoms with Crippen molar-refractivity contribution in [2.24, 2.45) is 11.7 Å². The van der Waals surface area contributed by atoms with E-state index in [1.807, 2.05) is 19.9 Å². The lowest BCUT2D eigenvalue weighted by molar-refractivity contribution is 0.0782. The number of halogens is 2. The summed E-state index contributed by atoms with van der Waals surface area (Å²) in [5.74, 6) is 0.809. The zero-order chi connectivity index (χ0) is 16.6. The van der Waals surface area contributed by atoms with Crippen LogP contribution in [0.4, 0.5) is 0 Å². The van der Waals surface area contributed by atoms with E-state index in [0.717, 1.165) is 17.8 Å². The average Bonchev–Trinajstić information content (AvgIpc) is 3.13. The number of aromatic nitrogens is 3. The highest BCUT2D eigenvalue weighted by molar-refractivity contribution is 6.33. The van der Waals surface area contributed by atoms with E-state index in [4.69, 9.17) is 17.3 Å². The predicted octanol–water partition coefficient (Wildman–Crippen LogP) is 2.38. The van der Waals surface area contributed by atoms with E-state index < -0.39 is 0 Å². The van der Waals surface area contributed by atoms with Crippen LogP contribution in [0.2, 0.25) is 5.02 Å². The first-order chi connectivity index (χ1) is 11.0. The summed E-state index contributed by atoms with van der Waals surface area (Å²) in [5, 5.41) is 4.76. The fraction of sp³-hybridized carbons (Fsp3) is 0.438. The van der Waals surface area contributed by atoms with Crippen molar-refractivity contribution in [3.63, 3.8) is 0 Å². The summed E-state index contributed by atoms with van der Waals surface area (Å²) in [5.41, 5.74) is 7.82. The van der Waals surface area contributed by atoms with E-state index >= 15 is 0 Å². The van der Waals surface area contributed by atoms with Gasteiger partial charge in [0.1, 0.15) is 5.69 Å². The summed E-state index contributed by atoms with van der Waals surface area (Å²) in [4.78, 5) is 18.9. The summed E-state index contributed by atoms with van der Waals surface area (Å²) in [6.45, 7) is 5.82. The molecule has 0 bridgehead atoms. The van der Waals surface area contributed by atoms with Gasteiger partial charge in [-0.3, -0.25) is 4.79 Å². The molecule has 1 amide bonds. The molecule has 130 valence electrons. The lowest BCUT2D eigenvalue weighted by Crippen LogP contribution is -2.31. The van der Waals surface area contributed by atoms with Crippen LogP contribution >= 0.6 is 24.0 Å². The first kappa shape index (κ1) is 18.7. The van der Waals surface area contributed by atoms with Gasteiger partial charge in [0, 0.05) is 18.8 Å². The monoisotopic (exact) mass is 369 g/mol. The van der Waals surface area contributed by atoms with Crippen LogP contribution in [0, 0.1) is 19.8 Å². The quantitative estimate of drug-likeness (QED) is 0.900. The van der Waals surface area contributed by atoms with E-state index in [1.165, 1.54) is 0 Å². The van der Waals surface area contributed by atoms with Crippen LogP contribution in [0.15, 0.2) is 18.2 Å². The summed E-state index contributed by atoms with van der Waals surface area (Å²) in [6, 6.07) is 5.43. The van der Waals surface area contributed by atoms with Crippen molar-refractivity contribution >= 4 is 29.9 Å². The zero-order valence-electron chi connectivity index (χ0n) is 13.7. The van der Waals surface area contributed by atoms with Crippen LogP contribution in [0.1, 0.15) is 28.3 Å². The maximum Gasteiger partial charge on any atom is 0.274 e. The highest BCUT2D eigenvalue weighted by Gasteiger charge is 2.28. The minimum absolute atomic E-state index is 0. The molecule has 24 heavy (non-hydrogen) atoms. The number of amides is 1. The molecule has 0 aromatic carbocycles. The summed E-state index contributed by atoms with van der Waals surface area (Å²) < 4.78 is 1.72. The van der Waals surface area contributed by atoms with Crippen LogP contribution < -0.4 is 5.73 Å². The standard InChI is InChI=1S/C16H20ClN5O.ClH/c1-10-7-11(2)22(20-10)14-4-3-13(17)15(19-14)16(23)21-6-5-12(8-18)9-21;/h3-4,7,12H,5-6,8-9,18H2,1-2H3;1H. The fourth-order valence-corrected chi connectivity index (χ4v) is 3.11. The van der Waals surface area contributed by atoms with Crippen molar-refractivity contribution < 1.29 is 4.79 Å². The highest BCUT2D eigenvalue weighted by atomic mass is 35.5. The number of carbonyl (C=O) groups is 1. The van der Waals surface area contributed by atoms with E-state index in [-0.39, 0.29) is 24.0 Å². The van der Waals surface area contributed by atoms with Gasteiger partial charge in [-0.05, 0) is 50.9 Å². The molecule has 0 aliphatic carbocycles. The van der Waals surface area contributed by atoms with Crippen molar-refractivity contribution in [2.75, 3.05) is 19.6 Å². The van der Waals surface area contributed by atoms with Crippen LogP contribution in [0.25, 0.3) is 5.82 Å². The number of hydrogen-bond donors (Lipinski definition) is 1. The number of aryl methyl sites for hydroxylation is 2. The SMILES string of the molecule is Cc1cc(C)n(-c2ccc(Cl)c(C(=O)N3CCC(CN)C3)n2)n1.Cl. The number of rotatable bonds is 3. The normalized spacial score (nSPS) is 17.0. The second-order valence-corrected chi connectivity index (χ2v) is 6.39. The van der Waals surface area contributed by atoms with Crippen molar-refractivity contribution in [3.05, 3.63) is 40.3 Å². The van der Waals surface area contributed by atoms with Crippen molar-refractivity contribution in [1.29, 1.82) is 0 Å². The third-order valence-corrected chi connectivity index (χ3v) is 4.47. The predicted molar refractivity (Wildman–Crippen MR) is 96.2 cm³/mol. The van der Waals surface area contributed by atoms with E-state index in [2.05, 4.69) is 10.1 Å². The smallest absolute Gasteiger partial charge is 0.274 e. The molecule has 1 aliphatic rings. The molecule has 1 saturated heterocycles. The molecule has 6 nitrogen and oxygen atoms in total. The minimum atomic E-state index is -0.144. The van der Waals surface area contributed by atoms with Gasteiger partial charge in [-0.1, -0.05) is 11.6 Å². The Morgan fingerprint density at radius 3 is 2.75 bits per heavy atom. The molecule has 2 N–H and O–H groups in total. The van der Waals surface area contributed by atoms with Gasteiger partial charge in [0.2, 0.25) is 0 Å². The molecule has 1 atom stereocenters. The van der Waals surface area contributed by atoms with Gasteiger partial charge in [0.15, 0.2) is 5.82 Å². The lowest BCUT2D eigenvalue weighted by Gasteiger charge is -2.17. The molecule has 0 spiro atoms. The second kappa shape index (κ2) is 7.51. The van der Waals surface area contributed by atoms with Gasteiger partial charge in [-0.25, -0.2) is 9.67 Å². The molecule has 8 heteroatoms. The first-order valence-corrected chi connectivity index (χ1v) is 8.07. The summed E-state index contributed by atoms with van der Waals surface area (Å²) >= 11 is 6.21. The van der Waals surface area contributed by atoms with Crippen molar-refractivity contribution in [1.82, 2.24) is 19.7 Å². The lowest BCUT2D eigenvalue weighted by atomic mass is 10.1. The maximum atomic E-state index is 12.7. The molecule has 1 fully saturated rings. The van der Waals surface area contributed by atoms with Crippen LogP contribution in [-0.2, 0) is 0 Å². The molecule has 0 radical (unpaired) electrons. The van der Waals surface area contributed by atoms with Crippen molar-refractivity contribution in [2.45, 2.75) is 20.3 Å². The number of nitrogens with zero attached hydrogens (tertiary/aromatic N) is 4. The van der Waals surface area contributed by atoms with Gasteiger partial charge in [0.05, 0.1) is 10.7 Å². The van der Waals surface area contributed by atoms with Gasteiger partial charge in [-0.2, -0.15) is 5.10 Å². The first-order valence-electron chi connectivity index (χ1n) is 7.69. The van der Waals surface area contributed by atoms with Gasteiger partial charge in [-0.15, -0.1) is 12.4 Å². The zero-order valence-corrected chi connectivity index (χ0v) is 15.3. The average molecular weight is 370 g/mol. The summed E-state index contributed by atoms with van der Waals surface area (Å²) in [7, 11) is 0. The van der Waals surface area contributed by atoms with E-state index in [0.29, 0.717) is 36.4 Å². The van der Waals surface area contributed by atoms with Gasteiger partial charge in [0.25, 0.3) is 5.91 Å². The Morgan fingerprint density at radius 1 is 1.42 bits per heavy atom. The Kier molecular flexibility index (Phi) is 5.85. The topological polar surface area (TPSA) is 77.0 Å². The van der Waals surface area contributed by atoms with Gasteiger partial charge >= 0.3 is 0 Å². The molecule has 3 heterocycles. The number of hydrogen-bond acceptors (Lipinski definition) is 4. The fourth-order valence-electron chi connectivity index (χ4n) is 2.92.